The summed E-state index contributed by atoms with van der Waals surface area (Å²) in [4.78, 5) is 0. The largest absolute Gasteiger partial charge is 0.354 e. The van der Waals surface area contributed by atoms with Crippen molar-refractivity contribution in [1.29, 1.82) is 0 Å². The molecule has 0 aliphatic heterocycles. The minimum absolute atomic E-state index is 1.10. The van der Waals surface area contributed by atoms with Gasteiger partial charge in [0.15, 0.2) is 11.9 Å². The van der Waals surface area contributed by atoms with E-state index >= 15 is 0 Å². The van der Waals surface area contributed by atoms with Crippen LogP contribution >= 0.6 is 22.9 Å². The van der Waals surface area contributed by atoms with Crippen molar-refractivity contribution < 1.29 is 2.78 Å². The van der Waals surface area contributed by atoms with Gasteiger partial charge >= 0.3 is 22.9 Å². The summed E-state index contributed by atoms with van der Waals surface area (Å²) in [5, 5.41) is 0. The van der Waals surface area contributed by atoms with Gasteiger partial charge in [-0.3, -0.25) is 0 Å². The average molecular weight is 234 g/mol. The number of aryl methyl sites for hydroxylation is 1. The van der Waals surface area contributed by atoms with E-state index in [0.717, 1.165) is 6.42 Å². The molecule has 1 nitrogen and oxygen atoms in total. The van der Waals surface area contributed by atoms with Crippen molar-refractivity contribution in [2.24, 2.45) is 0 Å². The van der Waals surface area contributed by atoms with Crippen molar-refractivity contribution in [1.82, 2.24) is 0 Å². The van der Waals surface area contributed by atoms with Crippen LogP contribution in [0.2, 0.25) is 0 Å². The van der Waals surface area contributed by atoms with Gasteiger partial charge in [0.25, 0.3) is 0 Å². The molecule has 48 valence electrons. The Morgan fingerprint density at radius 3 is 2.78 bits per heavy atom. The number of rotatable bonds is 1. The highest BCUT2D eigenvalue weighted by Crippen LogP contribution is 1.93. The second kappa shape index (κ2) is 3.15. The number of hydrogen-bond acceptors (Lipinski definition) is 0. The van der Waals surface area contributed by atoms with Crippen LogP contribution in [0.4, 0.5) is 0 Å². The van der Waals surface area contributed by atoms with Crippen molar-refractivity contribution in [3.63, 3.8) is 0 Å². The second-order valence-corrected chi connectivity index (χ2v) is 2.90. The van der Waals surface area contributed by atoms with Crippen LogP contribution in [0.15, 0.2) is 24.4 Å². The van der Waals surface area contributed by atoms with Crippen LogP contribution < -0.4 is 2.78 Å². The van der Waals surface area contributed by atoms with Gasteiger partial charge in [-0.25, -0.2) is 0 Å². The molecule has 1 heterocycles. The Kier molecular flexibility index (Phi) is 2.45. The van der Waals surface area contributed by atoms with E-state index in [-0.39, 0.29) is 0 Å². The summed E-state index contributed by atoms with van der Waals surface area (Å²) in [6, 6.07) is 6.23. The summed E-state index contributed by atoms with van der Waals surface area (Å²) >= 11 is 2.28. The van der Waals surface area contributed by atoms with Gasteiger partial charge in [0.1, 0.15) is 0 Å². The number of hydrogen-bond donors (Lipinski definition) is 0. The fraction of sp³-hybridized carbons (Fsp3) is 0.286. The zero-order valence-corrected chi connectivity index (χ0v) is 7.50. The van der Waals surface area contributed by atoms with Gasteiger partial charge in [-0.15, -0.1) is 2.78 Å². The summed E-state index contributed by atoms with van der Waals surface area (Å²) in [5.74, 6) is 0. The fourth-order valence-corrected chi connectivity index (χ4v) is 1.42. The molecule has 0 aromatic carbocycles. The van der Waals surface area contributed by atoms with E-state index in [9.17, 15) is 0 Å². The first-order valence-corrected chi connectivity index (χ1v) is 3.97. The zero-order valence-electron chi connectivity index (χ0n) is 5.34. The average Bonchev–Trinajstić information content (AvgIpc) is 1.89. The molecular formula is C7H9IN+. The number of nitrogens with zero attached hydrogens (tertiary/aromatic N) is 1. The van der Waals surface area contributed by atoms with Gasteiger partial charge in [-0.05, 0) is 0 Å². The van der Waals surface area contributed by atoms with E-state index in [1.54, 1.807) is 0 Å². The van der Waals surface area contributed by atoms with Gasteiger partial charge in [0, 0.05) is 18.6 Å². The number of halogens is 1. The minimum atomic E-state index is 1.10. The lowest BCUT2D eigenvalue weighted by Gasteiger charge is -1.88. The van der Waals surface area contributed by atoms with Gasteiger partial charge < -0.3 is 0 Å². The van der Waals surface area contributed by atoms with E-state index in [2.05, 4.69) is 50.9 Å². The third kappa shape index (κ3) is 1.64. The lowest BCUT2D eigenvalue weighted by Crippen LogP contribution is -2.23. The predicted molar refractivity (Wildman–Crippen MR) is 45.4 cm³/mol. The Labute approximate surface area is 69.2 Å². The molecule has 0 amide bonds. The summed E-state index contributed by atoms with van der Waals surface area (Å²) in [7, 11) is 0. The summed E-state index contributed by atoms with van der Waals surface area (Å²) in [6.45, 7) is 2.16. The summed E-state index contributed by atoms with van der Waals surface area (Å²) in [5.41, 5.74) is 1.36. The van der Waals surface area contributed by atoms with Crippen molar-refractivity contribution in [2.45, 2.75) is 13.3 Å². The van der Waals surface area contributed by atoms with Gasteiger partial charge in [0.2, 0.25) is 0 Å². The highest BCUT2D eigenvalue weighted by Gasteiger charge is 2.00. The molecule has 0 aliphatic rings. The molecule has 0 spiro atoms. The first-order chi connectivity index (χ1) is 4.34. The Morgan fingerprint density at radius 1 is 1.56 bits per heavy atom. The van der Waals surface area contributed by atoms with Gasteiger partial charge in [0.05, 0.1) is 0 Å². The Morgan fingerprint density at radius 2 is 2.33 bits per heavy atom. The molecule has 0 saturated carbocycles. The van der Waals surface area contributed by atoms with Crippen LogP contribution in [0.25, 0.3) is 0 Å². The molecule has 1 rings (SSSR count). The van der Waals surface area contributed by atoms with Crippen LogP contribution in [-0.4, -0.2) is 0 Å². The van der Waals surface area contributed by atoms with E-state index in [4.69, 9.17) is 0 Å². The van der Waals surface area contributed by atoms with Crippen LogP contribution in [0, 0.1) is 0 Å². The highest BCUT2D eigenvalue weighted by atomic mass is 127. The normalized spacial score (nSPS) is 9.56. The second-order valence-electron chi connectivity index (χ2n) is 1.86. The summed E-state index contributed by atoms with van der Waals surface area (Å²) < 4.78 is 2.11. The van der Waals surface area contributed by atoms with Crippen molar-refractivity contribution >= 4 is 22.9 Å². The van der Waals surface area contributed by atoms with E-state index in [1.807, 2.05) is 6.07 Å². The first-order valence-electron chi connectivity index (χ1n) is 3.00. The number of aromatic nitrogens is 1. The molecule has 1 aromatic heterocycles. The molecule has 0 aliphatic carbocycles. The quantitative estimate of drug-likeness (QED) is 0.651. The Hall–Kier alpha value is -0.120. The monoisotopic (exact) mass is 234 g/mol. The van der Waals surface area contributed by atoms with E-state index < -0.39 is 0 Å². The molecule has 0 atom stereocenters. The maximum absolute atomic E-state index is 2.28. The maximum Gasteiger partial charge on any atom is 0.354 e. The van der Waals surface area contributed by atoms with Gasteiger partial charge in [-0.2, -0.15) is 0 Å². The first kappa shape index (κ1) is 6.99. The van der Waals surface area contributed by atoms with Gasteiger partial charge in [-0.1, -0.05) is 13.0 Å². The predicted octanol–water partition coefficient (Wildman–Crippen LogP) is 1.73. The molecule has 9 heavy (non-hydrogen) atoms. The van der Waals surface area contributed by atoms with Crippen molar-refractivity contribution in [3.05, 3.63) is 30.1 Å². The van der Waals surface area contributed by atoms with E-state index in [0.29, 0.717) is 0 Å². The molecule has 1 aromatic rings. The molecule has 0 N–H and O–H groups in total. The van der Waals surface area contributed by atoms with Crippen LogP contribution in [0.5, 0.6) is 0 Å². The Bertz CT molecular complexity index is 198. The molecular weight excluding hydrogens is 225 g/mol. The lowest BCUT2D eigenvalue weighted by atomic mass is 10.3. The molecule has 0 saturated heterocycles. The van der Waals surface area contributed by atoms with E-state index in [1.165, 1.54) is 5.69 Å². The fourth-order valence-electron chi connectivity index (χ4n) is 0.728. The molecule has 0 fully saturated rings. The molecule has 2 heteroatoms. The zero-order chi connectivity index (χ0) is 6.69. The smallest absolute Gasteiger partial charge is 0.141 e. The van der Waals surface area contributed by atoms with Crippen LogP contribution in [0.3, 0.4) is 0 Å². The molecule has 0 unspecified atom stereocenters. The van der Waals surface area contributed by atoms with Crippen molar-refractivity contribution in [3.8, 4) is 0 Å². The topological polar surface area (TPSA) is 3.88 Å². The third-order valence-corrected chi connectivity index (χ3v) is 2.19. The molecule has 0 bridgehead atoms. The maximum atomic E-state index is 2.28. The van der Waals surface area contributed by atoms with Crippen LogP contribution in [0.1, 0.15) is 12.6 Å². The van der Waals surface area contributed by atoms with Crippen molar-refractivity contribution in [2.75, 3.05) is 0 Å². The minimum Gasteiger partial charge on any atom is -0.141 e. The number of pyridine rings is 1. The SMILES string of the molecule is CCc1cccc[n+]1I. The van der Waals surface area contributed by atoms with Crippen LogP contribution in [-0.2, 0) is 6.42 Å². The summed E-state index contributed by atoms with van der Waals surface area (Å²) in [6.07, 6.45) is 3.16. The molecule has 0 radical (unpaired) electrons. The Balaban J connectivity index is 3.01. The lowest BCUT2D eigenvalue weighted by molar-refractivity contribution is -0.451. The standard InChI is InChI=1S/C7H9IN/c1-2-7-5-3-4-6-9(7)8/h3-6H,2H2,1H3/q+1. The highest BCUT2D eigenvalue weighted by molar-refractivity contribution is 14.1. The third-order valence-electron chi connectivity index (χ3n) is 1.25.